The van der Waals surface area contributed by atoms with Gasteiger partial charge in [0, 0.05) is 16.0 Å². The highest BCUT2D eigenvalue weighted by atomic mass is 35.5. The molecule has 1 aromatic rings. The van der Waals surface area contributed by atoms with Crippen LogP contribution in [-0.4, -0.2) is 13.2 Å². The Morgan fingerprint density at radius 3 is 2.35 bits per heavy atom. The molecular weight excluding hydrogens is 306 g/mol. The zero-order valence-electron chi connectivity index (χ0n) is 14.4. The smallest absolute Gasteiger partial charge is 0.127 e. The van der Waals surface area contributed by atoms with Crippen molar-refractivity contribution in [3.05, 3.63) is 28.8 Å². The molecule has 0 radical (unpaired) electrons. The Kier molecular flexibility index (Phi) is 4.09. The number of quaternary nitrogens is 1. The van der Waals surface area contributed by atoms with Gasteiger partial charge in [0.05, 0.1) is 13.2 Å². The molecular formula is C20H29ClNO+. The maximum Gasteiger partial charge on any atom is 0.127 e. The van der Waals surface area contributed by atoms with E-state index in [0.29, 0.717) is 11.5 Å². The van der Waals surface area contributed by atoms with Gasteiger partial charge in [0.2, 0.25) is 0 Å². The second-order valence-corrected chi connectivity index (χ2v) is 8.90. The normalized spacial score (nSPS) is 36.2. The van der Waals surface area contributed by atoms with Gasteiger partial charge in [-0.3, -0.25) is 0 Å². The second kappa shape index (κ2) is 5.97. The minimum absolute atomic E-state index is 0.598. The minimum Gasteiger partial charge on any atom is -0.496 e. The molecule has 2 nitrogen and oxygen atoms in total. The van der Waals surface area contributed by atoms with E-state index in [2.05, 4.69) is 18.3 Å². The predicted molar refractivity (Wildman–Crippen MR) is 93.7 cm³/mol. The Bertz CT molecular complexity index is 550. The molecule has 0 aromatic heterocycles. The van der Waals surface area contributed by atoms with Crippen LogP contribution in [0.3, 0.4) is 0 Å². The highest BCUT2D eigenvalue weighted by molar-refractivity contribution is 6.30. The van der Waals surface area contributed by atoms with Gasteiger partial charge in [0.1, 0.15) is 12.3 Å². The predicted octanol–water partition coefficient (Wildman–Crippen LogP) is 4.02. The summed E-state index contributed by atoms with van der Waals surface area (Å²) in [6.45, 7) is 3.43. The first kappa shape index (κ1) is 15.8. The molecule has 3 heteroatoms. The number of nitrogens with two attached hydrogens (primary N) is 1. The summed E-state index contributed by atoms with van der Waals surface area (Å²) in [6, 6.07) is 6.65. The van der Waals surface area contributed by atoms with Crippen LogP contribution in [-0.2, 0) is 6.54 Å². The summed E-state index contributed by atoms with van der Waals surface area (Å²) in [5.74, 6) is 4.04. The summed E-state index contributed by atoms with van der Waals surface area (Å²) in [7, 11) is 1.75. The van der Waals surface area contributed by atoms with Crippen molar-refractivity contribution in [1.82, 2.24) is 0 Å². The lowest BCUT2D eigenvalue weighted by Crippen LogP contribution is -2.91. The topological polar surface area (TPSA) is 25.8 Å². The van der Waals surface area contributed by atoms with Crippen molar-refractivity contribution in [3.8, 4) is 5.75 Å². The van der Waals surface area contributed by atoms with Gasteiger partial charge < -0.3 is 10.1 Å². The Balaban J connectivity index is 1.46. The summed E-state index contributed by atoms with van der Waals surface area (Å²) >= 11 is 6.18. The fourth-order valence-corrected chi connectivity index (χ4v) is 6.39. The molecule has 126 valence electrons. The Morgan fingerprint density at radius 1 is 1.17 bits per heavy atom. The third-order valence-corrected chi connectivity index (χ3v) is 7.22. The van der Waals surface area contributed by atoms with Crippen molar-refractivity contribution in [1.29, 1.82) is 0 Å². The Labute approximate surface area is 144 Å². The third kappa shape index (κ3) is 2.89. The maximum absolute atomic E-state index is 6.18. The van der Waals surface area contributed by atoms with Crippen LogP contribution in [0.25, 0.3) is 0 Å². The SMILES string of the molecule is COc1ccc(Cl)cc1C[NH2+][C@@H](C)C12CC3CC(CC(C3)C1)C2. The van der Waals surface area contributed by atoms with Crippen LogP contribution >= 0.6 is 11.6 Å². The first-order valence-corrected chi connectivity index (χ1v) is 9.61. The average molecular weight is 335 g/mol. The van der Waals surface area contributed by atoms with Crippen molar-refractivity contribution < 1.29 is 10.1 Å². The lowest BCUT2D eigenvalue weighted by Gasteiger charge is -2.57. The van der Waals surface area contributed by atoms with Gasteiger partial charge in [-0.15, -0.1) is 0 Å². The number of benzene rings is 1. The van der Waals surface area contributed by atoms with Crippen molar-refractivity contribution >= 4 is 11.6 Å². The molecule has 1 aromatic carbocycles. The van der Waals surface area contributed by atoms with E-state index >= 15 is 0 Å². The largest absolute Gasteiger partial charge is 0.496 e. The molecule has 4 saturated carbocycles. The first-order valence-electron chi connectivity index (χ1n) is 9.24. The molecule has 0 heterocycles. The van der Waals surface area contributed by atoms with Gasteiger partial charge >= 0.3 is 0 Å². The van der Waals surface area contributed by atoms with E-state index in [1.54, 1.807) is 7.11 Å². The van der Waals surface area contributed by atoms with Crippen molar-refractivity contribution in [2.24, 2.45) is 23.2 Å². The molecule has 1 atom stereocenters. The van der Waals surface area contributed by atoms with E-state index in [1.807, 2.05) is 12.1 Å². The molecule has 4 fully saturated rings. The minimum atomic E-state index is 0.598. The van der Waals surface area contributed by atoms with E-state index in [0.717, 1.165) is 35.1 Å². The number of methoxy groups -OCH3 is 1. The quantitative estimate of drug-likeness (QED) is 0.864. The lowest BCUT2D eigenvalue weighted by atomic mass is 9.48. The van der Waals surface area contributed by atoms with Gasteiger partial charge in [-0.05, 0) is 81.4 Å². The van der Waals surface area contributed by atoms with Gasteiger partial charge in [0.15, 0.2) is 0 Å². The molecule has 0 aliphatic heterocycles. The van der Waals surface area contributed by atoms with Gasteiger partial charge in [0.25, 0.3) is 0 Å². The monoisotopic (exact) mass is 334 g/mol. The molecule has 0 amide bonds. The zero-order chi connectivity index (χ0) is 16.0. The van der Waals surface area contributed by atoms with Gasteiger partial charge in [-0.1, -0.05) is 11.6 Å². The number of hydrogen-bond acceptors (Lipinski definition) is 1. The van der Waals surface area contributed by atoms with Crippen LogP contribution in [0.2, 0.25) is 5.02 Å². The van der Waals surface area contributed by atoms with Crippen LogP contribution < -0.4 is 10.1 Å². The number of hydrogen-bond donors (Lipinski definition) is 1. The summed E-state index contributed by atoms with van der Waals surface area (Å²) in [5, 5.41) is 3.35. The van der Waals surface area contributed by atoms with E-state index in [4.69, 9.17) is 16.3 Å². The number of rotatable bonds is 5. The maximum atomic E-state index is 6.18. The van der Waals surface area contributed by atoms with E-state index in [9.17, 15) is 0 Å². The van der Waals surface area contributed by atoms with E-state index in [1.165, 1.54) is 44.1 Å². The molecule has 0 spiro atoms. The summed E-state index contributed by atoms with van der Waals surface area (Å²) in [6.07, 6.45) is 8.99. The molecule has 4 bridgehead atoms. The van der Waals surface area contributed by atoms with Crippen LogP contribution in [0.4, 0.5) is 0 Å². The zero-order valence-corrected chi connectivity index (χ0v) is 15.1. The Hall–Kier alpha value is -0.730. The molecule has 23 heavy (non-hydrogen) atoms. The summed E-state index contributed by atoms with van der Waals surface area (Å²) in [4.78, 5) is 0. The molecule has 4 aliphatic rings. The average Bonchev–Trinajstić information content (AvgIpc) is 2.51. The third-order valence-electron chi connectivity index (χ3n) is 6.99. The van der Waals surface area contributed by atoms with Gasteiger partial charge in [-0.2, -0.15) is 0 Å². The molecule has 4 aliphatic carbocycles. The molecule has 0 saturated heterocycles. The lowest BCUT2D eigenvalue weighted by molar-refractivity contribution is -0.717. The fraction of sp³-hybridized carbons (Fsp3) is 0.700. The van der Waals surface area contributed by atoms with Crippen molar-refractivity contribution in [3.63, 3.8) is 0 Å². The van der Waals surface area contributed by atoms with Crippen LogP contribution in [0, 0.1) is 23.2 Å². The van der Waals surface area contributed by atoms with Crippen LogP contribution in [0.15, 0.2) is 18.2 Å². The first-order chi connectivity index (χ1) is 11.1. The standard InChI is InChI=1S/C20H28ClNO/c1-13(22-12-17-8-18(21)3-4-19(17)23-2)20-9-14-5-15(10-20)7-16(6-14)11-20/h3-4,8,13-16,22H,5-7,9-12H2,1-2H3/p+1/t13-,14?,15?,16?,20?/m0/s1. The molecule has 5 rings (SSSR count). The highest BCUT2D eigenvalue weighted by Crippen LogP contribution is 2.60. The second-order valence-electron chi connectivity index (χ2n) is 8.46. The Morgan fingerprint density at radius 2 is 1.78 bits per heavy atom. The van der Waals surface area contributed by atoms with Crippen molar-refractivity contribution in [2.45, 2.75) is 58.0 Å². The number of ether oxygens (including phenoxy) is 1. The van der Waals surface area contributed by atoms with Crippen LogP contribution in [0.1, 0.15) is 51.0 Å². The molecule has 0 unspecified atom stereocenters. The van der Waals surface area contributed by atoms with E-state index < -0.39 is 0 Å². The van der Waals surface area contributed by atoms with Gasteiger partial charge in [-0.25, -0.2) is 0 Å². The number of halogens is 1. The van der Waals surface area contributed by atoms with Crippen molar-refractivity contribution in [2.75, 3.05) is 7.11 Å². The fourth-order valence-electron chi connectivity index (χ4n) is 6.20. The highest BCUT2D eigenvalue weighted by Gasteiger charge is 2.54. The molecule has 2 N–H and O–H groups in total. The van der Waals surface area contributed by atoms with Crippen LogP contribution in [0.5, 0.6) is 5.75 Å². The summed E-state index contributed by atoms with van der Waals surface area (Å²) < 4.78 is 5.50. The summed E-state index contributed by atoms with van der Waals surface area (Å²) in [5.41, 5.74) is 1.82. The van der Waals surface area contributed by atoms with E-state index in [-0.39, 0.29) is 0 Å².